The third kappa shape index (κ3) is 1.89. The lowest BCUT2D eigenvalue weighted by atomic mass is 10.1. The molecule has 0 radical (unpaired) electrons. The summed E-state index contributed by atoms with van der Waals surface area (Å²) >= 11 is 0.00410. The first kappa shape index (κ1) is 8.91. The maximum absolute atomic E-state index is 4.01. The molecule has 60 valence electrons. The van der Waals surface area contributed by atoms with E-state index in [0.29, 0.717) is 0 Å². The van der Waals surface area contributed by atoms with E-state index in [1.165, 1.54) is 20.3 Å². The highest BCUT2D eigenvalue weighted by molar-refractivity contribution is 14.2. The van der Waals surface area contributed by atoms with Gasteiger partial charge in [-0.1, -0.05) is 31.3 Å². The van der Waals surface area contributed by atoms with Crippen LogP contribution in [0.3, 0.4) is 0 Å². The van der Waals surface area contributed by atoms with Crippen molar-refractivity contribution in [1.82, 2.24) is 0 Å². The number of rotatable bonds is 1. The molecule has 0 atom stereocenters. The van der Waals surface area contributed by atoms with Crippen LogP contribution in [-0.4, -0.2) is 4.51 Å². The summed E-state index contributed by atoms with van der Waals surface area (Å²) in [6.45, 7) is 6.51. The van der Waals surface area contributed by atoms with E-state index in [9.17, 15) is 0 Å². The highest BCUT2D eigenvalue weighted by Crippen LogP contribution is 2.19. The van der Waals surface area contributed by atoms with Gasteiger partial charge in [-0.2, -0.15) is 0 Å². The Morgan fingerprint density at radius 3 is 2.36 bits per heavy atom. The summed E-state index contributed by atoms with van der Waals surface area (Å²) in [5, 5.41) is 0. The van der Waals surface area contributed by atoms with Gasteiger partial charge in [-0.05, 0) is 43.5 Å². The highest BCUT2D eigenvalue weighted by atomic mass is 127. The fraction of sp³-hybridized carbons (Fsp3) is 0.300. The first-order chi connectivity index (χ1) is 5.15. The van der Waals surface area contributed by atoms with E-state index in [0.717, 1.165) is 0 Å². The molecule has 0 aliphatic heterocycles. The standard InChI is InChI=1S/C10H13I/c1-7-5-8(2)9(3)10(6-7)11-4/h5-6H,4H2,1-3H3. The Morgan fingerprint density at radius 1 is 1.18 bits per heavy atom. The summed E-state index contributed by atoms with van der Waals surface area (Å²) in [6, 6.07) is 4.50. The molecule has 1 heteroatoms. The van der Waals surface area contributed by atoms with Crippen LogP contribution in [0.25, 0.3) is 0 Å². The fourth-order valence-corrected chi connectivity index (χ4v) is 2.84. The van der Waals surface area contributed by atoms with E-state index in [-0.39, 0.29) is 20.7 Å². The molecule has 0 aliphatic rings. The molecule has 0 amide bonds. The largest absolute Gasteiger partial charge is 0.0934 e. The zero-order chi connectivity index (χ0) is 8.43. The highest BCUT2D eigenvalue weighted by Gasteiger charge is 1.98. The van der Waals surface area contributed by atoms with Crippen LogP contribution in [0.4, 0.5) is 0 Å². The molecular formula is C10H13I. The van der Waals surface area contributed by atoms with Gasteiger partial charge in [0.25, 0.3) is 0 Å². The van der Waals surface area contributed by atoms with Crippen LogP contribution in [0.5, 0.6) is 0 Å². The van der Waals surface area contributed by atoms with E-state index in [1.807, 2.05) is 0 Å². The lowest BCUT2D eigenvalue weighted by Crippen LogP contribution is -1.87. The van der Waals surface area contributed by atoms with Gasteiger partial charge in [0.05, 0.1) is 0 Å². The Morgan fingerprint density at radius 2 is 1.82 bits per heavy atom. The number of halogens is 1. The van der Waals surface area contributed by atoms with Gasteiger partial charge in [-0.15, -0.1) is 0 Å². The topological polar surface area (TPSA) is 0 Å². The summed E-state index contributed by atoms with van der Waals surface area (Å²) in [5.41, 5.74) is 4.22. The molecule has 0 bridgehead atoms. The molecule has 11 heavy (non-hydrogen) atoms. The molecule has 0 saturated carbocycles. The first-order valence-corrected chi connectivity index (χ1v) is 6.22. The minimum absolute atomic E-state index is 0.00410. The van der Waals surface area contributed by atoms with Crippen molar-refractivity contribution in [2.24, 2.45) is 0 Å². The van der Waals surface area contributed by atoms with Crippen molar-refractivity contribution >= 4 is 25.2 Å². The SMILES string of the molecule is C=Ic1cc(C)cc(C)c1C. The van der Waals surface area contributed by atoms with Crippen LogP contribution in [0.15, 0.2) is 12.1 Å². The summed E-state index contributed by atoms with van der Waals surface area (Å²) < 4.78 is 5.50. The van der Waals surface area contributed by atoms with Gasteiger partial charge in [-0.25, -0.2) is 0 Å². The van der Waals surface area contributed by atoms with Crippen LogP contribution in [0.2, 0.25) is 0 Å². The van der Waals surface area contributed by atoms with Crippen molar-refractivity contribution in [2.75, 3.05) is 0 Å². The number of hydrogen-bond donors (Lipinski definition) is 0. The van der Waals surface area contributed by atoms with Gasteiger partial charge in [0.1, 0.15) is 0 Å². The van der Waals surface area contributed by atoms with E-state index in [4.69, 9.17) is 0 Å². The quantitative estimate of drug-likeness (QED) is 0.680. The van der Waals surface area contributed by atoms with Crippen LogP contribution < -0.4 is 0 Å². The zero-order valence-corrected chi connectivity index (χ0v) is 9.40. The van der Waals surface area contributed by atoms with E-state index < -0.39 is 0 Å². The Balaban J connectivity index is 3.35. The second-order valence-electron chi connectivity index (χ2n) is 2.82. The second kappa shape index (κ2) is 3.48. The van der Waals surface area contributed by atoms with Gasteiger partial charge in [0.2, 0.25) is 0 Å². The molecule has 0 aromatic heterocycles. The summed E-state index contributed by atoms with van der Waals surface area (Å²) in [6.07, 6.45) is 0. The summed E-state index contributed by atoms with van der Waals surface area (Å²) in [4.78, 5) is 0. The maximum Gasteiger partial charge on any atom is 0.0106 e. The fourth-order valence-electron chi connectivity index (χ4n) is 1.13. The number of benzene rings is 1. The van der Waals surface area contributed by atoms with Gasteiger partial charge < -0.3 is 0 Å². The molecule has 1 aromatic carbocycles. The predicted molar refractivity (Wildman–Crippen MR) is 60.5 cm³/mol. The van der Waals surface area contributed by atoms with Crippen molar-refractivity contribution < 1.29 is 0 Å². The van der Waals surface area contributed by atoms with E-state index in [2.05, 4.69) is 37.4 Å². The minimum atomic E-state index is 0.00410. The smallest absolute Gasteiger partial charge is 0.0106 e. The molecule has 0 N–H and O–H groups in total. The van der Waals surface area contributed by atoms with Crippen molar-refractivity contribution in [3.05, 3.63) is 32.4 Å². The van der Waals surface area contributed by atoms with Crippen LogP contribution in [-0.2, 0) is 0 Å². The Hall–Kier alpha value is -0.180. The van der Waals surface area contributed by atoms with Gasteiger partial charge in [-0.3, -0.25) is 0 Å². The Kier molecular flexibility index (Phi) is 2.82. The second-order valence-corrected chi connectivity index (χ2v) is 4.75. The molecule has 0 unspecified atom stereocenters. The molecular weight excluding hydrogens is 247 g/mol. The summed E-state index contributed by atoms with van der Waals surface area (Å²) in [7, 11) is 0. The third-order valence-corrected chi connectivity index (χ3v) is 3.83. The number of hydrogen-bond acceptors (Lipinski definition) is 0. The molecule has 1 aromatic rings. The van der Waals surface area contributed by atoms with Crippen LogP contribution in [0, 0.1) is 24.3 Å². The predicted octanol–water partition coefficient (Wildman–Crippen LogP) is 3.18. The molecule has 0 fully saturated rings. The van der Waals surface area contributed by atoms with Gasteiger partial charge >= 0.3 is 0 Å². The van der Waals surface area contributed by atoms with E-state index in [1.54, 1.807) is 0 Å². The van der Waals surface area contributed by atoms with Crippen molar-refractivity contribution in [2.45, 2.75) is 20.8 Å². The zero-order valence-electron chi connectivity index (χ0n) is 7.24. The molecule has 0 heterocycles. The normalized spacial score (nSPS) is 10.1. The maximum atomic E-state index is 4.01. The average molecular weight is 260 g/mol. The summed E-state index contributed by atoms with van der Waals surface area (Å²) in [5.74, 6) is 0. The van der Waals surface area contributed by atoms with Crippen LogP contribution in [0.1, 0.15) is 16.7 Å². The first-order valence-electron chi connectivity index (χ1n) is 3.61. The monoisotopic (exact) mass is 260 g/mol. The Labute approximate surface area is 78.4 Å². The Bertz CT molecular complexity index is 287. The van der Waals surface area contributed by atoms with Crippen molar-refractivity contribution in [3.63, 3.8) is 0 Å². The molecule has 0 saturated heterocycles. The third-order valence-electron chi connectivity index (χ3n) is 1.89. The molecule has 1 rings (SSSR count). The van der Waals surface area contributed by atoms with Crippen LogP contribution >= 0.6 is 20.7 Å². The lowest BCUT2D eigenvalue weighted by molar-refractivity contribution is 1.27. The van der Waals surface area contributed by atoms with E-state index >= 15 is 0 Å². The van der Waals surface area contributed by atoms with Crippen molar-refractivity contribution in [3.8, 4) is 0 Å². The van der Waals surface area contributed by atoms with Gasteiger partial charge in [0, 0.05) is 3.57 Å². The average Bonchev–Trinajstić information content (AvgIpc) is 1.96. The lowest BCUT2D eigenvalue weighted by Gasteiger charge is -2.04. The number of aryl methyl sites for hydroxylation is 2. The van der Waals surface area contributed by atoms with Crippen molar-refractivity contribution in [1.29, 1.82) is 0 Å². The molecule has 0 aliphatic carbocycles. The molecule has 0 nitrogen and oxygen atoms in total. The molecule has 0 spiro atoms. The van der Waals surface area contributed by atoms with Gasteiger partial charge in [0.15, 0.2) is 0 Å². The minimum Gasteiger partial charge on any atom is -0.0934 e.